The predicted molar refractivity (Wildman–Crippen MR) is 79.0 cm³/mol. The van der Waals surface area contributed by atoms with E-state index in [1.165, 1.54) is 7.11 Å². The van der Waals surface area contributed by atoms with Crippen molar-refractivity contribution in [2.24, 2.45) is 0 Å². The van der Waals surface area contributed by atoms with Gasteiger partial charge >= 0.3 is 0 Å². The summed E-state index contributed by atoms with van der Waals surface area (Å²) in [5.41, 5.74) is 1.92. The summed E-state index contributed by atoms with van der Waals surface area (Å²) >= 11 is 3.42. The van der Waals surface area contributed by atoms with Crippen LogP contribution in [0, 0.1) is 0 Å². The van der Waals surface area contributed by atoms with E-state index < -0.39 is 10.2 Å². The number of ether oxygens (including phenoxy) is 2. The van der Waals surface area contributed by atoms with Crippen molar-refractivity contribution in [2.75, 3.05) is 26.9 Å². The van der Waals surface area contributed by atoms with E-state index in [0.29, 0.717) is 13.2 Å². The van der Waals surface area contributed by atoms with Crippen molar-refractivity contribution in [3.8, 4) is 5.75 Å². The lowest BCUT2D eigenvalue weighted by atomic mass is 10.1. The Hall–Kier alpha value is -0.670. The highest BCUT2D eigenvalue weighted by Gasteiger charge is 2.18. The van der Waals surface area contributed by atoms with E-state index in [0.717, 1.165) is 27.8 Å². The molecule has 0 radical (unpaired) electrons. The van der Waals surface area contributed by atoms with Gasteiger partial charge in [-0.15, -0.1) is 0 Å². The zero-order chi connectivity index (χ0) is 14.6. The second kappa shape index (κ2) is 6.86. The highest BCUT2D eigenvalue weighted by molar-refractivity contribution is 9.10. The quantitative estimate of drug-likeness (QED) is 0.706. The van der Waals surface area contributed by atoms with Gasteiger partial charge in [-0.05, 0) is 17.7 Å². The molecule has 2 rings (SSSR count). The van der Waals surface area contributed by atoms with Crippen LogP contribution in [-0.4, -0.2) is 35.3 Å². The Labute approximate surface area is 127 Å². The molecule has 0 aliphatic carbocycles. The average Bonchev–Trinajstić information content (AvgIpc) is 2.84. The number of halogens is 1. The van der Waals surface area contributed by atoms with Crippen LogP contribution < -0.4 is 14.2 Å². The highest BCUT2D eigenvalue weighted by Crippen LogP contribution is 2.32. The lowest BCUT2D eigenvalue weighted by Crippen LogP contribution is -2.37. The summed E-state index contributed by atoms with van der Waals surface area (Å²) < 4.78 is 39.6. The van der Waals surface area contributed by atoms with Gasteiger partial charge in [0.25, 0.3) is 10.2 Å². The van der Waals surface area contributed by atoms with Crippen molar-refractivity contribution in [1.29, 1.82) is 0 Å². The minimum atomic E-state index is -3.53. The Kier molecular flexibility index (Phi) is 5.39. The second-order valence-corrected chi connectivity index (χ2v) is 6.86. The van der Waals surface area contributed by atoms with E-state index in [9.17, 15) is 8.42 Å². The zero-order valence-corrected chi connectivity index (χ0v) is 13.5. The van der Waals surface area contributed by atoms with Gasteiger partial charge in [0.1, 0.15) is 5.75 Å². The molecular weight excluding hydrogens is 348 g/mol. The minimum Gasteiger partial charge on any atom is -0.493 e. The van der Waals surface area contributed by atoms with Crippen molar-refractivity contribution in [3.05, 3.63) is 27.7 Å². The van der Waals surface area contributed by atoms with Crippen LogP contribution in [0.25, 0.3) is 0 Å². The average molecular weight is 365 g/mol. The first-order valence-electron chi connectivity index (χ1n) is 6.19. The zero-order valence-electron chi connectivity index (χ0n) is 11.1. The SMILES string of the molecule is COCCNS(=O)(=O)NCc1cc(Br)cc2c1OCC2. The van der Waals surface area contributed by atoms with Gasteiger partial charge in [0.15, 0.2) is 0 Å². The van der Waals surface area contributed by atoms with Crippen molar-refractivity contribution in [2.45, 2.75) is 13.0 Å². The summed E-state index contributed by atoms with van der Waals surface area (Å²) in [6.07, 6.45) is 0.848. The normalized spacial score (nSPS) is 14.1. The first kappa shape index (κ1) is 15.7. The molecule has 1 aromatic carbocycles. The second-order valence-electron chi connectivity index (χ2n) is 4.36. The topological polar surface area (TPSA) is 76.7 Å². The fraction of sp³-hybridized carbons (Fsp3) is 0.500. The summed E-state index contributed by atoms with van der Waals surface area (Å²) in [5, 5.41) is 0. The Balaban J connectivity index is 2.01. The minimum absolute atomic E-state index is 0.185. The van der Waals surface area contributed by atoms with Crippen LogP contribution in [0.5, 0.6) is 5.75 Å². The molecule has 0 aromatic heterocycles. The highest BCUT2D eigenvalue weighted by atomic mass is 79.9. The maximum atomic E-state index is 11.7. The summed E-state index contributed by atoms with van der Waals surface area (Å²) in [7, 11) is -2.02. The van der Waals surface area contributed by atoms with E-state index in [4.69, 9.17) is 9.47 Å². The summed E-state index contributed by atoms with van der Waals surface area (Å²) in [4.78, 5) is 0. The molecule has 1 aliphatic heterocycles. The Bertz CT molecular complexity index is 577. The molecule has 112 valence electrons. The summed E-state index contributed by atoms with van der Waals surface area (Å²) in [6.45, 7) is 1.39. The van der Waals surface area contributed by atoms with Gasteiger partial charge in [-0.2, -0.15) is 17.9 Å². The summed E-state index contributed by atoms with van der Waals surface area (Å²) in [6, 6.07) is 3.86. The molecule has 20 heavy (non-hydrogen) atoms. The molecule has 6 nitrogen and oxygen atoms in total. The molecule has 1 aromatic rings. The van der Waals surface area contributed by atoms with E-state index >= 15 is 0 Å². The van der Waals surface area contributed by atoms with Gasteiger partial charge in [-0.1, -0.05) is 15.9 Å². The molecule has 0 spiro atoms. The lowest BCUT2D eigenvalue weighted by molar-refractivity contribution is 0.204. The first-order valence-corrected chi connectivity index (χ1v) is 8.47. The van der Waals surface area contributed by atoms with Crippen molar-refractivity contribution < 1.29 is 17.9 Å². The van der Waals surface area contributed by atoms with Gasteiger partial charge in [-0.25, -0.2) is 0 Å². The molecule has 1 aliphatic rings. The predicted octanol–water partition coefficient (Wildman–Crippen LogP) is 0.954. The number of methoxy groups -OCH3 is 1. The van der Waals surface area contributed by atoms with Crippen LogP contribution in [-0.2, 0) is 27.9 Å². The third-order valence-corrected chi connectivity index (χ3v) is 4.44. The fourth-order valence-electron chi connectivity index (χ4n) is 1.98. The third kappa shape index (κ3) is 4.16. The maximum Gasteiger partial charge on any atom is 0.277 e. The Morgan fingerprint density at radius 2 is 2.20 bits per heavy atom. The Morgan fingerprint density at radius 3 is 2.95 bits per heavy atom. The standard InChI is InChI=1S/C12H17BrN2O4S/c1-18-5-3-14-20(16,17)15-8-10-7-11(13)6-9-2-4-19-12(9)10/h6-7,14-15H,2-5,8H2,1H3. The van der Waals surface area contributed by atoms with Crippen LogP contribution in [0.1, 0.15) is 11.1 Å². The molecule has 8 heteroatoms. The van der Waals surface area contributed by atoms with Crippen LogP contribution >= 0.6 is 15.9 Å². The van der Waals surface area contributed by atoms with E-state index in [2.05, 4.69) is 25.4 Å². The van der Waals surface area contributed by atoms with Crippen molar-refractivity contribution >= 4 is 26.1 Å². The monoisotopic (exact) mass is 364 g/mol. The molecule has 0 unspecified atom stereocenters. The molecule has 0 saturated heterocycles. The van der Waals surface area contributed by atoms with Gasteiger partial charge in [0.05, 0.1) is 13.2 Å². The first-order chi connectivity index (χ1) is 9.52. The van der Waals surface area contributed by atoms with Crippen LogP contribution in [0.4, 0.5) is 0 Å². The number of hydrogen-bond acceptors (Lipinski definition) is 4. The summed E-state index contributed by atoms with van der Waals surface area (Å²) in [5.74, 6) is 0.785. The van der Waals surface area contributed by atoms with Crippen molar-refractivity contribution in [3.63, 3.8) is 0 Å². The molecule has 0 atom stereocenters. The van der Waals surface area contributed by atoms with E-state index in [-0.39, 0.29) is 13.1 Å². The largest absolute Gasteiger partial charge is 0.493 e. The number of nitrogens with one attached hydrogen (secondary N) is 2. The van der Waals surface area contributed by atoms with Crippen LogP contribution in [0.3, 0.4) is 0 Å². The van der Waals surface area contributed by atoms with Gasteiger partial charge < -0.3 is 9.47 Å². The lowest BCUT2D eigenvalue weighted by Gasteiger charge is -2.11. The van der Waals surface area contributed by atoms with E-state index in [1.54, 1.807) is 0 Å². The molecule has 1 heterocycles. The van der Waals surface area contributed by atoms with Crippen LogP contribution in [0.15, 0.2) is 16.6 Å². The maximum absolute atomic E-state index is 11.7. The Morgan fingerprint density at radius 1 is 1.40 bits per heavy atom. The number of rotatable bonds is 7. The van der Waals surface area contributed by atoms with Gasteiger partial charge in [0, 0.05) is 36.7 Å². The van der Waals surface area contributed by atoms with E-state index in [1.807, 2.05) is 12.1 Å². The third-order valence-electron chi connectivity index (χ3n) is 2.88. The van der Waals surface area contributed by atoms with Gasteiger partial charge in [-0.3, -0.25) is 0 Å². The molecular formula is C12H17BrN2O4S. The van der Waals surface area contributed by atoms with Gasteiger partial charge in [0.2, 0.25) is 0 Å². The number of benzene rings is 1. The molecule has 0 saturated carbocycles. The number of hydrogen-bond donors (Lipinski definition) is 2. The number of fused-ring (bicyclic) bond motifs is 1. The molecule has 2 N–H and O–H groups in total. The molecule has 0 fully saturated rings. The van der Waals surface area contributed by atoms with Crippen LogP contribution in [0.2, 0.25) is 0 Å². The van der Waals surface area contributed by atoms with Crippen molar-refractivity contribution in [1.82, 2.24) is 9.44 Å². The fourth-order valence-corrected chi connectivity index (χ4v) is 3.33. The molecule has 0 amide bonds. The smallest absolute Gasteiger partial charge is 0.277 e. The molecule has 0 bridgehead atoms.